The lowest BCUT2D eigenvalue weighted by Crippen LogP contribution is -2.27. The van der Waals surface area contributed by atoms with Crippen LogP contribution in [0, 0.1) is 0 Å². The predicted molar refractivity (Wildman–Crippen MR) is 54.6 cm³/mol. The molecule has 0 saturated carbocycles. The summed E-state index contributed by atoms with van der Waals surface area (Å²) in [5.41, 5.74) is 0. The molecular formula is C10H13NOS. The fourth-order valence-electron chi connectivity index (χ4n) is 1.75. The average molecular weight is 195 g/mol. The first kappa shape index (κ1) is 8.91. The highest BCUT2D eigenvalue weighted by Gasteiger charge is 2.16. The Labute approximate surface area is 82.0 Å². The summed E-state index contributed by atoms with van der Waals surface area (Å²) in [7, 11) is 0. The van der Waals surface area contributed by atoms with Crippen LogP contribution in [0.25, 0.3) is 0 Å². The number of carbonyl (C=O) groups is 1. The van der Waals surface area contributed by atoms with Crippen LogP contribution in [0.4, 0.5) is 0 Å². The van der Waals surface area contributed by atoms with Crippen molar-refractivity contribution >= 4 is 17.6 Å². The zero-order valence-electron chi connectivity index (χ0n) is 7.45. The van der Waals surface area contributed by atoms with E-state index in [0.717, 1.165) is 24.3 Å². The van der Waals surface area contributed by atoms with E-state index in [2.05, 4.69) is 11.4 Å². The SMILES string of the molecule is O=Cc1ccc(C2CCCNC2)s1. The van der Waals surface area contributed by atoms with Crippen LogP contribution in [0.5, 0.6) is 0 Å². The van der Waals surface area contributed by atoms with Crippen molar-refractivity contribution in [3.63, 3.8) is 0 Å². The highest BCUT2D eigenvalue weighted by Crippen LogP contribution is 2.28. The van der Waals surface area contributed by atoms with Crippen LogP contribution in [0.15, 0.2) is 12.1 Å². The molecule has 1 fully saturated rings. The number of carbonyl (C=O) groups excluding carboxylic acids is 1. The molecule has 0 amide bonds. The molecule has 13 heavy (non-hydrogen) atoms. The number of hydrogen-bond acceptors (Lipinski definition) is 3. The molecule has 0 bridgehead atoms. The van der Waals surface area contributed by atoms with E-state index in [0.29, 0.717) is 5.92 Å². The minimum absolute atomic E-state index is 0.632. The smallest absolute Gasteiger partial charge is 0.160 e. The van der Waals surface area contributed by atoms with Crippen molar-refractivity contribution in [1.82, 2.24) is 5.32 Å². The molecule has 0 aliphatic carbocycles. The van der Waals surface area contributed by atoms with Gasteiger partial charge in [0.2, 0.25) is 0 Å². The number of aldehydes is 1. The van der Waals surface area contributed by atoms with Gasteiger partial charge in [-0.1, -0.05) is 0 Å². The van der Waals surface area contributed by atoms with Gasteiger partial charge in [0.05, 0.1) is 4.88 Å². The molecule has 0 aromatic carbocycles. The van der Waals surface area contributed by atoms with E-state index in [-0.39, 0.29) is 0 Å². The van der Waals surface area contributed by atoms with Crippen LogP contribution in [0.3, 0.4) is 0 Å². The van der Waals surface area contributed by atoms with E-state index >= 15 is 0 Å². The molecule has 1 unspecified atom stereocenters. The zero-order chi connectivity index (χ0) is 9.10. The van der Waals surface area contributed by atoms with Crippen molar-refractivity contribution < 1.29 is 4.79 Å². The van der Waals surface area contributed by atoms with Crippen LogP contribution >= 0.6 is 11.3 Å². The molecular weight excluding hydrogens is 182 g/mol. The Balaban J connectivity index is 2.09. The lowest BCUT2D eigenvalue weighted by atomic mass is 9.98. The van der Waals surface area contributed by atoms with Gasteiger partial charge in [-0.15, -0.1) is 11.3 Å². The minimum Gasteiger partial charge on any atom is -0.316 e. The highest BCUT2D eigenvalue weighted by atomic mass is 32.1. The van der Waals surface area contributed by atoms with Crippen LogP contribution in [-0.2, 0) is 0 Å². The lowest BCUT2D eigenvalue weighted by molar-refractivity contribution is 0.112. The Bertz CT molecular complexity index is 289. The molecule has 2 rings (SSSR count). The summed E-state index contributed by atoms with van der Waals surface area (Å²) in [4.78, 5) is 12.7. The number of nitrogens with one attached hydrogen (secondary N) is 1. The van der Waals surface area contributed by atoms with Gasteiger partial charge < -0.3 is 5.32 Å². The Morgan fingerprint density at radius 1 is 1.54 bits per heavy atom. The van der Waals surface area contributed by atoms with Gasteiger partial charge in [-0.05, 0) is 31.5 Å². The quantitative estimate of drug-likeness (QED) is 0.732. The number of hydrogen-bond donors (Lipinski definition) is 1. The second kappa shape index (κ2) is 4.03. The summed E-state index contributed by atoms with van der Waals surface area (Å²) in [6.07, 6.45) is 3.44. The molecule has 2 nitrogen and oxygen atoms in total. The molecule has 1 aromatic heterocycles. The summed E-state index contributed by atoms with van der Waals surface area (Å²) in [6, 6.07) is 4.01. The maximum atomic E-state index is 10.5. The van der Waals surface area contributed by atoms with Crippen LogP contribution in [-0.4, -0.2) is 19.4 Å². The second-order valence-corrected chi connectivity index (χ2v) is 4.55. The van der Waals surface area contributed by atoms with Crippen molar-refractivity contribution in [2.75, 3.05) is 13.1 Å². The van der Waals surface area contributed by atoms with E-state index in [4.69, 9.17) is 0 Å². The van der Waals surface area contributed by atoms with Crippen LogP contribution in [0.2, 0.25) is 0 Å². The van der Waals surface area contributed by atoms with Gasteiger partial charge in [0.1, 0.15) is 0 Å². The molecule has 1 aromatic rings. The van der Waals surface area contributed by atoms with Gasteiger partial charge in [-0.3, -0.25) is 4.79 Å². The molecule has 1 aliphatic heterocycles. The van der Waals surface area contributed by atoms with Crippen molar-refractivity contribution in [2.24, 2.45) is 0 Å². The Morgan fingerprint density at radius 3 is 3.08 bits per heavy atom. The largest absolute Gasteiger partial charge is 0.316 e. The Morgan fingerprint density at radius 2 is 2.46 bits per heavy atom. The van der Waals surface area contributed by atoms with Crippen molar-refractivity contribution in [3.8, 4) is 0 Å². The first-order valence-electron chi connectivity index (χ1n) is 4.66. The van der Waals surface area contributed by atoms with Crippen molar-refractivity contribution in [3.05, 3.63) is 21.9 Å². The standard InChI is InChI=1S/C10H13NOS/c12-7-9-3-4-10(13-9)8-2-1-5-11-6-8/h3-4,7-8,11H,1-2,5-6H2. The number of piperidine rings is 1. The fraction of sp³-hybridized carbons (Fsp3) is 0.500. The highest BCUT2D eigenvalue weighted by molar-refractivity contribution is 7.13. The summed E-state index contributed by atoms with van der Waals surface area (Å²) < 4.78 is 0. The molecule has 3 heteroatoms. The van der Waals surface area contributed by atoms with E-state index in [1.54, 1.807) is 11.3 Å². The zero-order valence-corrected chi connectivity index (χ0v) is 8.27. The van der Waals surface area contributed by atoms with Gasteiger partial charge in [0.15, 0.2) is 6.29 Å². The molecule has 1 saturated heterocycles. The van der Waals surface area contributed by atoms with E-state index in [1.165, 1.54) is 17.7 Å². The molecule has 1 atom stereocenters. The molecule has 0 radical (unpaired) electrons. The summed E-state index contributed by atoms with van der Waals surface area (Å²) in [5.74, 6) is 0.632. The van der Waals surface area contributed by atoms with E-state index < -0.39 is 0 Å². The third-order valence-electron chi connectivity index (χ3n) is 2.46. The summed E-state index contributed by atoms with van der Waals surface area (Å²) in [5, 5.41) is 3.38. The normalized spacial score (nSPS) is 22.9. The lowest BCUT2D eigenvalue weighted by Gasteiger charge is -2.21. The first-order chi connectivity index (χ1) is 6.40. The van der Waals surface area contributed by atoms with Crippen molar-refractivity contribution in [2.45, 2.75) is 18.8 Å². The Hall–Kier alpha value is -0.670. The maximum absolute atomic E-state index is 10.5. The monoisotopic (exact) mass is 195 g/mol. The summed E-state index contributed by atoms with van der Waals surface area (Å²) >= 11 is 1.63. The van der Waals surface area contributed by atoms with Crippen LogP contribution < -0.4 is 5.32 Å². The topological polar surface area (TPSA) is 29.1 Å². The summed E-state index contributed by atoms with van der Waals surface area (Å²) in [6.45, 7) is 2.21. The fourth-order valence-corrected chi connectivity index (χ4v) is 2.71. The van der Waals surface area contributed by atoms with Gasteiger partial charge in [0, 0.05) is 17.3 Å². The number of thiophene rings is 1. The Kier molecular flexibility index (Phi) is 2.76. The van der Waals surface area contributed by atoms with Gasteiger partial charge in [-0.2, -0.15) is 0 Å². The molecule has 1 aliphatic rings. The molecule has 0 spiro atoms. The average Bonchev–Trinajstić information content (AvgIpc) is 2.67. The van der Waals surface area contributed by atoms with Crippen LogP contribution in [0.1, 0.15) is 33.3 Å². The third kappa shape index (κ3) is 1.98. The predicted octanol–water partition coefficient (Wildman–Crippen LogP) is 2.03. The van der Waals surface area contributed by atoms with Gasteiger partial charge in [-0.25, -0.2) is 0 Å². The minimum atomic E-state index is 0.632. The molecule has 1 N–H and O–H groups in total. The van der Waals surface area contributed by atoms with E-state index in [1.807, 2.05) is 6.07 Å². The van der Waals surface area contributed by atoms with E-state index in [9.17, 15) is 4.79 Å². The molecule has 2 heterocycles. The van der Waals surface area contributed by atoms with Gasteiger partial charge in [0.25, 0.3) is 0 Å². The molecule has 70 valence electrons. The first-order valence-corrected chi connectivity index (χ1v) is 5.47. The van der Waals surface area contributed by atoms with Gasteiger partial charge >= 0.3 is 0 Å². The van der Waals surface area contributed by atoms with Crippen molar-refractivity contribution in [1.29, 1.82) is 0 Å². The maximum Gasteiger partial charge on any atom is 0.160 e. The number of rotatable bonds is 2. The second-order valence-electron chi connectivity index (χ2n) is 3.40. The third-order valence-corrected chi connectivity index (χ3v) is 3.64.